The zero-order chi connectivity index (χ0) is 18.5. The summed E-state index contributed by atoms with van der Waals surface area (Å²) in [6.45, 7) is 0.451. The second-order valence-electron chi connectivity index (χ2n) is 5.94. The Morgan fingerprint density at radius 1 is 1.04 bits per heavy atom. The summed E-state index contributed by atoms with van der Waals surface area (Å²) in [5.74, 6) is 0.596. The van der Waals surface area contributed by atoms with Crippen LogP contribution in [0.15, 0.2) is 72.3 Å². The van der Waals surface area contributed by atoms with Gasteiger partial charge in [-0.3, -0.25) is 9.78 Å². The van der Waals surface area contributed by atoms with Gasteiger partial charge in [-0.15, -0.1) is 0 Å². The Morgan fingerprint density at radius 2 is 1.85 bits per heavy atom. The van der Waals surface area contributed by atoms with Gasteiger partial charge >= 0.3 is 0 Å². The van der Waals surface area contributed by atoms with Crippen molar-refractivity contribution in [1.82, 2.24) is 25.3 Å². The number of amides is 1. The van der Waals surface area contributed by atoms with E-state index >= 15 is 0 Å². The molecule has 2 N–H and O–H groups in total. The number of rotatable bonds is 6. The number of nitrogens with zero attached hydrogens (tertiary/aromatic N) is 3. The van der Waals surface area contributed by atoms with Gasteiger partial charge in [-0.2, -0.15) is 0 Å². The van der Waals surface area contributed by atoms with Crippen LogP contribution in [0.4, 0.5) is 0 Å². The van der Waals surface area contributed by atoms with Crippen LogP contribution in [0.25, 0.3) is 11.0 Å². The molecule has 7 heteroatoms. The van der Waals surface area contributed by atoms with Gasteiger partial charge in [0.05, 0.1) is 17.2 Å². The van der Waals surface area contributed by atoms with E-state index in [9.17, 15) is 4.79 Å². The minimum atomic E-state index is -0.229. The Hall–Kier alpha value is -3.19. The van der Waals surface area contributed by atoms with Gasteiger partial charge in [0.15, 0.2) is 5.16 Å². The zero-order valence-electron chi connectivity index (χ0n) is 14.4. The predicted molar refractivity (Wildman–Crippen MR) is 105 cm³/mol. The zero-order valence-corrected chi connectivity index (χ0v) is 15.2. The summed E-state index contributed by atoms with van der Waals surface area (Å²) in [6, 6.07) is 16.2. The molecule has 2 aromatic heterocycles. The summed E-state index contributed by atoms with van der Waals surface area (Å²) in [4.78, 5) is 27.8. The molecule has 0 unspecified atom stereocenters. The highest BCUT2D eigenvalue weighted by atomic mass is 32.2. The van der Waals surface area contributed by atoms with Crippen molar-refractivity contribution in [1.29, 1.82) is 0 Å². The lowest BCUT2D eigenvalue weighted by molar-refractivity contribution is 0.0945. The minimum Gasteiger partial charge on any atom is -0.347 e. The third-order valence-electron chi connectivity index (χ3n) is 4.02. The molecule has 0 spiro atoms. The quantitative estimate of drug-likeness (QED) is 0.503. The van der Waals surface area contributed by atoms with Crippen LogP contribution in [0, 0.1) is 0 Å². The Bertz CT molecular complexity index is 1010. The molecule has 0 atom stereocenters. The van der Waals surface area contributed by atoms with Gasteiger partial charge in [0.25, 0.3) is 5.91 Å². The van der Waals surface area contributed by atoms with Gasteiger partial charge in [-0.25, -0.2) is 9.97 Å². The summed E-state index contributed by atoms with van der Waals surface area (Å²) in [5.41, 5.74) is 4.58. The molecule has 2 heterocycles. The maximum Gasteiger partial charge on any atom is 0.271 e. The highest BCUT2D eigenvalue weighted by molar-refractivity contribution is 7.98. The molecule has 0 aliphatic heterocycles. The molecule has 6 nitrogen and oxygen atoms in total. The van der Waals surface area contributed by atoms with Crippen molar-refractivity contribution in [3.8, 4) is 0 Å². The van der Waals surface area contributed by atoms with E-state index in [0.29, 0.717) is 12.2 Å². The van der Waals surface area contributed by atoms with Gasteiger partial charge in [-0.1, -0.05) is 48.2 Å². The molecule has 0 aliphatic rings. The van der Waals surface area contributed by atoms with Crippen LogP contribution >= 0.6 is 11.8 Å². The van der Waals surface area contributed by atoms with Gasteiger partial charge < -0.3 is 10.3 Å². The molecule has 0 fully saturated rings. The van der Waals surface area contributed by atoms with Crippen molar-refractivity contribution in [2.75, 3.05) is 0 Å². The number of carbonyl (C=O) groups excluding carboxylic acids is 1. The van der Waals surface area contributed by atoms with Crippen LogP contribution in [0.2, 0.25) is 0 Å². The maximum absolute atomic E-state index is 12.0. The lowest BCUT2D eigenvalue weighted by atomic mass is 10.1. The first-order valence-electron chi connectivity index (χ1n) is 8.47. The van der Waals surface area contributed by atoms with Crippen LogP contribution in [0.3, 0.4) is 0 Å². The number of hydrogen-bond donors (Lipinski definition) is 2. The molecule has 27 heavy (non-hydrogen) atoms. The summed E-state index contributed by atoms with van der Waals surface area (Å²) >= 11 is 1.67. The predicted octanol–water partition coefficient (Wildman–Crippen LogP) is 3.58. The van der Waals surface area contributed by atoms with Crippen molar-refractivity contribution < 1.29 is 4.79 Å². The number of carbonyl (C=O) groups is 1. The number of para-hydroxylation sites is 2. The average Bonchev–Trinajstić information content (AvgIpc) is 3.15. The number of fused-ring (bicyclic) bond motifs is 1. The molecule has 0 aliphatic carbocycles. The Balaban J connectivity index is 1.31. The largest absolute Gasteiger partial charge is 0.347 e. The SMILES string of the molecule is O=C(NCc1ccc(CSc2nc3ccccc3[nH]2)cc1)c1cnccn1. The van der Waals surface area contributed by atoms with E-state index in [0.717, 1.165) is 27.5 Å². The second kappa shape index (κ2) is 8.01. The molecular formula is C20H17N5OS. The fourth-order valence-corrected chi connectivity index (χ4v) is 3.43. The lowest BCUT2D eigenvalue weighted by Gasteiger charge is -2.06. The number of hydrogen-bond acceptors (Lipinski definition) is 5. The molecule has 0 bridgehead atoms. The van der Waals surface area contributed by atoms with E-state index in [4.69, 9.17) is 0 Å². The van der Waals surface area contributed by atoms with E-state index in [1.165, 1.54) is 18.0 Å². The van der Waals surface area contributed by atoms with E-state index in [1.54, 1.807) is 18.0 Å². The minimum absolute atomic E-state index is 0.229. The molecule has 0 saturated heterocycles. The van der Waals surface area contributed by atoms with E-state index in [1.807, 2.05) is 36.4 Å². The first-order valence-corrected chi connectivity index (χ1v) is 9.46. The molecule has 134 valence electrons. The van der Waals surface area contributed by atoms with Crippen LogP contribution in [0.1, 0.15) is 21.6 Å². The van der Waals surface area contributed by atoms with Gasteiger partial charge in [0, 0.05) is 24.7 Å². The van der Waals surface area contributed by atoms with Crippen LogP contribution in [0.5, 0.6) is 0 Å². The monoisotopic (exact) mass is 375 g/mol. The fraction of sp³-hybridized carbons (Fsp3) is 0.100. The number of benzene rings is 2. The second-order valence-corrected chi connectivity index (χ2v) is 6.90. The summed E-state index contributed by atoms with van der Waals surface area (Å²) in [5, 5.41) is 3.76. The lowest BCUT2D eigenvalue weighted by Crippen LogP contribution is -2.23. The number of thioether (sulfide) groups is 1. The molecule has 0 saturated carbocycles. The number of H-pyrrole nitrogens is 1. The van der Waals surface area contributed by atoms with Gasteiger partial charge in [0.1, 0.15) is 5.69 Å². The maximum atomic E-state index is 12.0. The van der Waals surface area contributed by atoms with Gasteiger partial charge in [0.2, 0.25) is 0 Å². The normalized spacial score (nSPS) is 10.8. The molecule has 1 amide bonds. The topological polar surface area (TPSA) is 83.6 Å². The van der Waals surface area contributed by atoms with E-state index < -0.39 is 0 Å². The molecular weight excluding hydrogens is 358 g/mol. The van der Waals surface area contributed by atoms with Crippen molar-refractivity contribution in [3.05, 3.63) is 83.9 Å². The van der Waals surface area contributed by atoms with Crippen LogP contribution in [-0.2, 0) is 12.3 Å². The average molecular weight is 375 g/mol. The molecule has 2 aromatic carbocycles. The summed E-state index contributed by atoms with van der Waals surface area (Å²) < 4.78 is 0. The molecule has 4 rings (SSSR count). The van der Waals surface area contributed by atoms with Crippen LogP contribution in [-0.4, -0.2) is 25.8 Å². The summed E-state index contributed by atoms with van der Waals surface area (Å²) in [6.07, 6.45) is 4.50. The fourth-order valence-electron chi connectivity index (χ4n) is 2.59. The Labute approximate surface area is 160 Å². The first-order chi connectivity index (χ1) is 13.3. The Morgan fingerprint density at radius 3 is 2.63 bits per heavy atom. The number of aromatic amines is 1. The Kier molecular flexibility index (Phi) is 5.11. The van der Waals surface area contributed by atoms with E-state index in [-0.39, 0.29) is 5.91 Å². The van der Waals surface area contributed by atoms with Crippen molar-refractivity contribution >= 4 is 28.7 Å². The highest BCUT2D eigenvalue weighted by Gasteiger charge is 2.07. The summed E-state index contributed by atoms with van der Waals surface area (Å²) in [7, 11) is 0. The van der Waals surface area contributed by atoms with Gasteiger partial charge in [-0.05, 0) is 23.3 Å². The highest BCUT2D eigenvalue weighted by Crippen LogP contribution is 2.23. The number of imidazole rings is 1. The molecule has 4 aromatic rings. The number of nitrogens with one attached hydrogen (secondary N) is 2. The first kappa shape index (κ1) is 17.2. The number of aromatic nitrogens is 4. The third-order valence-corrected chi connectivity index (χ3v) is 4.96. The van der Waals surface area contributed by atoms with Crippen molar-refractivity contribution in [2.24, 2.45) is 0 Å². The van der Waals surface area contributed by atoms with Crippen molar-refractivity contribution in [3.63, 3.8) is 0 Å². The smallest absolute Gasteiger partial charge is 0.271 e. The van der Waals surface area contributed by atoms with Crippen molar-refractivity contribution in [2.45, 2.75) is 17.5 Å². The standard InChI is InChI=1S/C20H17N5OS/c26-19(18-12-21-9-10-22-18)23-11-14-5-7-15(8-6-14)13-27-20-24-16-3-1-2-4-17(16)25-20/h1-10,12H,11,13H2,(H,23,26)(H,24,25). The molecule has 0 radical (unpaired) electrons. The van der Waals surface area contributed by atoms with E-state index in [2.05, 4.69) is 37.4 Å². The third kappa shape index (κ3) is 4.32. The van der Waals surface area contributed by atoms with Crippen LogP contribution < -0.4 is 5.32 Å².